The van der Waals surface area contributed by atoms with Gasteiger partial charge < -0.3 is 9.64 Å². The fourth-order valence-corrected chi connectivity index (χ4v) is 3.60. The minimum Gasteiger partial charge on any atom is -0.365 e. The second kappa shape index (κ2) is 4.69. The lowest BCUT2D eigenvalue weighted by Gasteiger charge is -2.48. The molecule has 0 atom stereocenters. The van der Waals surface area contributed by atoms with Crippen molar-refractivity contribution in [3.63, 3.8) is 0 Å². The van der Waals surface area contributed by atoms with E-state index in [0.29, 0.717) is 0 Å². The van der Waals surface area contributed by atoms with Gasteiger partial charge in [0.25, 0.3) is 0 Å². The molecule has 0 bridgehead atoms. The number of anilines is 1. The Morgan fingerprint density at radius 3 is 2.50 bits per heavy atom. The van der Waals surface area contributed by atoms with Crippen molar-refractivity contribution in [2.24, 2.45) is 0 Å². The monoisotopic (exact) mass is 275 g/mol. The molecular weight excluding hydrogens is 250 g/mol. The Hall–Kier alpha value is -1.16. The van der Waals surface area contributed by atoms with E-state index >= 15 is 0 Å². The lowest BCUT2D eigenvalue weighted by atomic mass is 9.94. The van der Waals surface area contributed by atoms with Crippen molar-refractivity contribution in [2.75, 3.05) is 18.0 Å². The summed E-state index contributed by atoms with van der Waals surface area (Å²) in [7, 11) is 0. The van der Waals surface area contributed by atoms with Crippen molar-refractivity contribution in [3.05, 3.63) is 17.5 Å². The molecule has 110 valence electrons. The fourth-order valence-electron chi connectivity index (χ4n) is 3.60. The van der Waals surface area contributed by atoms with Gasteiger partial charge in [-0.25, -0.2) is 9.97 Å². The van der Waals surface area contributed by atoms with Crippen molar-refractivity contribution < 1.29 is 4.74 Å². The Morgan fingerprint density at radius 1 is 1.15 bits per heavy atom. The van der Waals surface area contributed by atoms with Crippen LogP contribution >= 0.6 is 0 Å². The first-order valence-corrected chi connectivity index (χ1v) is 7.65. The van der Waals surface area contributed by atoms with Crippen molar-refractivity contribution >= 4 is 5.95 Å². The lowest BCUT2D eigenvalue weighted by Crippen LogP contribution is -2.59. The number of aromatic nitrogens is 2. The van der Waals surface area contributed by atoms with Crippen LogP contribution in [0, 0.1) is 13.8 Å². The summed E-state index contributed by atoms with van der Waals surface area (Å²) in [4.78, 5) is 11.5. The summed E-state index contributed by atoms with van der Waals surface area (Å²) >= 11 is 0. The van der Waals surface area contributed by atoms with Crippen LogP contribution in [0.3, 0.4) is 0 Å². The van der Waals surface area contributed by atoms with Crippen LogP contribution in [0.25, 0.3) is 0 Å². The van der Waals surface area contributed by atoms with E-state index in [4.69, 9.17) is 4.74 Å². The molecular formula is C16H25N3O. The fraction of sp³-hybridized carbons (Fsp3) is 0.750. The van der Waals surface area contributed by atoms with Gasteiger partial charge in [0.2, 0.25) is 5.95 Å². The van der Waals surface area contributed by atoms with Crippen LogP contribution in [-0.4, -0.2) is 34.3 Å². The van der Waals surface area contributed by atoms with Crippen molar-refractivity contribution in [1.82, 2.24) is 9.97 Å². The maximum atomic E-state index is 6.43. The third-order valence-corrected chi connectivity index (χ3v) is 4.55. The average molecular weight is 275 g/mol. The van der Waals surface area contributed by atoms with Gasteiger partial charge in [-0.3, -0.25) is 0 Å². The molecule has 4 nitrogen and oxygen atoms in total. The number of hydrogen-bond donors (Lipinski definition) is 0. The molecule has 1 spiro atoms. The molecule has 1 aliphatic heterocycles. The predicted octanol–water partition coefficient (Wildman–Crippen LogP) is 3.02. The van der Waals surface area contributed by atoms with Crippen molar-refractivity contribution in [1.29, 1.82) is 0 Å². The number of ether oxygens (including phenoxy) is 1. The molecule has 0 amide bonds. The molecule has 1 aromatic rings. The highest BCUT2D eigenvalue weighted by atomic mass is 16.5. The molecule has 2 aliphatic rings. The molecule has 1 aliphatic carbocycles. The van der Waals surface area contributed by atoms with Crippen LogP contribution < -0.4 is 4.90 Å². The van der Waals surface area contributed by atoms with Crippen molar-refractivity contribution in [3.8, 4) is 0 Å². The first-order valence-electron chi connectivity index (χ1n) is 7.65. The van der Waals surface area contributed by atoms with Gasteiger partial charge in [0.05, 0.1) is 17.7 Å². The summed E-state index contributed by atoms with van der Waals surface area (Å²) in [6.45, 7) is 10.3. The molecule has 2 heterocycles. The molecule has 1 saturated carbocycles. The number of nitrogens with zero attached hydrogens (tertiary/aromatic N) is 3. The summed E-state index contributed by atoms with van der Waals surface area (Å²) in [5, 5.41) is 0. The van der Waals surface area contributed by atoms with Crippen LogP contribution in [0.15, 0.2) is 6.20 Å². The highest BCUT2D eigenvalue weighted by Gasteiger charge is 2.46. The summed E-state index contributed by atoms with van der Waals surface area (Å²) in [5.41, 5.74) is 2.10. The Balaban J connectivity index is 1.90. The highest BCUT2D eigenvalue weighted by molar-refractivity contribution is 5.35. The zero-order valence-corrected chi connectivity index (χ0v) is 13.1. The van der Waals surface area contributed by atoms with E-state index in [9.17, 15) is 0 Å². The maximum Gasteiger partial charge on any atom is 0.225 e. The van der Waals surface area contributed by atoms with Crippen LogP contribution in [-0.2, 0) is 4.74 Å². The molecule has 3 rings (SSSR count). The summed E-state index contributed by atoms with van der Waals surface area (Å²) in [5.74, 6) is 0.857. The predicted molar refractivity (Wildman–Crippen MR) is 80.1 cm³/mol. The Morgan fingerprint density at radius 2 is 1.85 bits per heavy atom. The molecule has 2 fully saturated rings. The third-order valence-electron chi connectivity index (χ3n) is 4.55. The molecule has 0 unspecified atom stereocenters. The van der Waals surface area contributed by atoms with E-state index in [0.717, 1.165) is 43.1 Å². The third kappa shape index (κ3) is 2.53. The number of morpholine rings is 1. The summed E-state index contributed by atoms with van der Waals surface area (Å²) in [6.07, 6.45) is 6.81. The molecule has 1 saturated heterocycles. The molecule has 0 radical (unpaired) electrons. The molecule has 1 aromatic heterocycles. The molecule has 0 N–H and O–H groups in total. The van der Waals surface area contributed by atoms with Crippen LogP contribution in [0.2, 0.25) is 0 Å². The van der Waals surface area contributed by atoms with Crippen LogP contribution in [0.1, 0.15) is 50.8 Å². The SMILES string of the molecule is Cc1cnc(N2CC(C)(C)OC3(CCCC3)C2)nc1C. The number of rotatable bonds is 1. The normalized spacial score (nSPS) is 24.3. The first kappa shape index (κ1) is 13.8. The zero-order valence-electron chi connectivity index (χ0n) is 13.1. The highest BCUT2D eigenvalue weighted by Crippen LogP contribution is 2.41. The second-order valence-corrected chi connectivity index (χ2v) is 7.05. The van der Waals surface area contributed by atoms with Crippen LogP contribution in [0.5, 0.6) is 0 Å². The minimum absolute atomic E-state index is 0.0178. The number of hydrogen-bond acceptors (Lipinski definition) is 4. The quantitative estimate of drug-likeness (QED) is 0.789. The van der Waals surface area contributed by atoms with Gasteiger partial charge in [-0.15, -0.1) is 0 Å². The van der Waals surface area contributed by atoms with E-state index in [1.165, 1.54) is 12.8 Å². The topological polar surface area (TPSA) is 38.2 Å². The average Bonchev–Trinajstić information content (AvgIpc) is 2.78. The molecule has 4 heteroatoms. The first-order chi connectivity index (χ1) is 9.39. The van der Waals surface area contributed by atoms with Gasteiger partial charge in [0, 0.05) is 18.4 Å². The smallest absolute Gasteiger partial charge is 0.225 e. The van der Waals surface area contributed by atoms with E-state index in [1.54, 1.807) is 0 Å². The lowest BCUT2D eigenvalue weighted by molar-refractivity contribution is -0.148. The maximum absolute atomic E-state index is 6.43. The van der Waals surface area contributed by atoms with Gasteiger partial charge in [-0.05, 0) is 46.1 Å². The second-order valence-electron chi connectivity index (χ2n) is 7.05. The van der Waals surface area contributed by atoms with E-state index < -0.39 is 0 Å². The van der Waals surface area contributed by atoms with Gasteiger partial charge >= 0.3 is 0 Å². The summed E-state index contributed by atoms with van der Waals surface area (Å²) < 4.78 is 6.43. The Kier molecular flexibility index (Phi) is 3.24. The van der Waals surface area contributed by atoms with Gasteiger partial charge in [-0.2, -0.15) is 0 Å². The molecule has 0 aromatic carbocycles. The summed E-state index contributed by atoms with van der Waals surface area (Å²) in [6, 6.07) is 0. The largest absolute Gasteiger partial charge is 0.365 e. The van der Waals surface area contributed by atoms with Crippen LogP contribution in [0.4, 0.5) is 5.95 Å². The Bertz CT molecular complexity index is 506. The van der Waals surface area contributed by atoms with Gasteiger partial charge in [0.1, 0.15) is 0 Å². The van der Waals surface area contributed by atoms with Crippen molar-refractivity contribution in [2.45, 2.75) is 64.6 Å². The standard InChI is InChI=1S/C16H25N3O/c1-12-9-17-14(18-13(12)2)19-10-15(3,4)20-16(11-19)7-5-6-8-16/h9H,5-8,10-11H2,1-4H3. The van der Waals surface area contributed by atoms with Gasteiger partial charge in [0.15, 0.2) is 0 Å². The van der Waals surface area contributed by atoms with Gasteiger partial charge in [-0.1, -0.05) is 12.8 Å². The minimum atomic E-state index is -0.134. The number of aryl methyl sites for hydroxylation is 2. The molecule has 20 heavy (non-hydrogen) atoms. The van der Waals surface area contributed by atoms with E-state index in [1.807, 2.05) is 6.20 Å². The zero-order chi connectivity index (χ0) is 14.4. The van der Waals surface area contributed by atoms with E-state index in [-0.39, 0.29) is 11.2 Å². The Labute approximate surface area is 121 Å². The van der Waals surface area contributed by atoms with E-state index in [2.05, 4.69) is 42.6 Å².